The number of benzene rings is 2. The number of fused-ring (bicyclic) bond motifs is 1. The van der Waals surface area contributed by atoms with Crippen molar-refractivity contribution in [3.05, 3.63) is 77.4 Å². The fourth-order valence-electron chi connectivity index (χ4n) is 2.65. The largest absolute Gasteiger partial charge is 0.361 e. The van der Waals surface area contributed by atoms with Gasteiger partial charge in [0.25, 0.3) is 5.91 Å². The van der Waals surface area contributed by atoms with E-state index in [1.807, 2.05) is 18.2 Å². The molecule has 0 aliphatic heterocycles. The van der Waals surface area contributed by atoms with Crippen molar-refractivity contribution in [1.29, 1.82) is 0 Å². The first-order valence-corrected chi connectivity index (χ1v) is 8.87. The smallest absolute Gasteiger partial charge is 0.261 e. The van der Waals surface area contributed by atoms with Crippen molar-refractivity contribution in [1.82, 2.24) is 15.4 Å². The molecule has 3 N–H and O–H groups in total. The van der Waals surface area contributed by atoms with E-state index in [2.05, 4.69) is 26.0 Å². The quantitative estimate of drug-likeness (QED) is 0.430. The average molecular weight is 394 g/mol. The monoisotopic (exact) mass is 393 g/mol. The van der Waals surface area contributed by atoms with E-state index in [1.54, 1.807) is 49.7 Å². The van der Waals surface area contributed by atoms with Gasteiger partial charge in [0.15, 0.2) is 5.76 Å². The lowest BCUT2D eigenvalue weighted by Crippen LogP contribution is -2.14. The Kier molecular flexibility index (Phi) is 4.82. The Morgan fingerprint density at radius 3 is 2.68 bits per heavy atom. The molecule has 2 heterocycles. The molecule has 0 saturated heterocycles. The van der Waals surface area contributed by atoms with Crippen LogP contribution in [0, 0.1) is 6.92 Å². The number of nitrogens with zero attached hydrogens (tertiary/aromatic N) is 2. The highest BCUT2D eigenvalue weighted by atomic mass is 35.5. The highest BCUT2D eigenvalue weighted by Crippen LogP contribution is 2.22. The zero-order chi connectivity index (χ0) is 19.5. The van der Waals surface area contributed by atoms with E-state index in [9.17, 15) is 4.79 Å². The first kappa shape index (κ1) is 17.8. The summed E-state index contributed by atoms with van der Waals surface area (Å²) in [6.45, 7) is 1.79. The predicted molar refractivity (Wildman–Crippen MR) is 109 cm³/mol. The summed E-state index contributed by atoms with van der Waals surface area (Å²) in [4.78, 5) is 12.8. The summed E-state index contributed by atoms with van der Waals surface area (Å²) in [5.41, 5.74) is 3.29. The molecule has 0 unspecified atom stereocenters. The highest BCUT2D eigenvalue weighted by Gasteiger charge is 2.17. The van der Waals surface area contributed by atoms with Gasteiger partial charge in [0.2, 0.25) is 0 Å². The van der Waals surface area contributed by atoms with Gasteiger partial charge in [0.1, 0.15) is 5.57 Å². The number of rotatable bonds is 5. The van der Waals surface area contributed by atoms with Gasteiger partial charge >= 0.3 is 0 Å². The molecule has 28 heavy (non-hydrogen) atoms. The topological polar surface area (TPSA) is 95.8 Å². The van der Waals surface area contributed by atoms with Crippen LogP contribution in [0.3, 0.4) is 0 Å². The predicted octanol–water partition coefficient (Wildman–Crippen LogP) is 4.60. The molecule has 0 fully saturated rings. The zero-order valence-electron chi connectivity index (χ0n) is 14.9. The van der Waals surface area contributed by atoms with Crippen LogP contribution in [0.4, 0.5) is 11.4 Å². The Labute approximate surface area is 165 Å². The van der Waals surface area contributed by atoms with Crippen molar-refractivity contribution in [3.63, 3.8) is 0 Å². The first-order valence-electron chi connectivity index (χ1n) is 8.49. The molecule has 0 aliphatic rings. The van der Waals surface area contributed by atoms with Crippen LogP contribution in [-0.4, -0.2) is 21.3 Å². The van der Waals surface area contributed by atoms with Crippen LogP contribution in [0.2, 0.25) is 5.02 Å². The van der Waals surface area contributed by atoms with Crippen LogP contribution in [0.25, 0.3) is 16.5 Å². The number of H-pyrrole nitrogens is 1. The third kappa shape index (κ3) is 3.89. The van der Waals surface area contributed by atoms with Gasteiger partial charge in [-0.3, -0.25) is 9.89 Å². The van der Waals surface area contributed by atoms with E-state index in [-0.39, 0.29) is 5.91 Å². The molecule has 0 bridgehead atoms. The Morgan fingerprint density at radius 1 is 1.14 bits per heavy atom. The van der Waals surface area contributed by atoms with Gasteiger partial charge in [-0.15, -0.1) is 0 Å². The molecule has 4 rings (SSSR count). The van der Waals surface area contributed by atoms with Gasteiger partial charge in [-0.25, -0.2) is 0 Å². The summed E-state index contributed by atoms with van der Waals surface area (Å²) in [6.07, 6.45) is 3.33. The van der Waals surface area contributed by atoms with Crippen LogP contribution in [0.5, 0.6) is 0 Å². The molecule has 0 radical (unpaired) electrons. The number of hydrogen-bond donors (Lipinski definition) is 3. The molecule has 0 aliphatic carbocycles. The molecule has 7 nitrogen and oxygen atoms in total. The van der Waals surface area contributed by atoms with E-state index < -0.39 is 0 Å². The number of amides is 1. The molecule has 2 aromatic carbocycles. The number of aromatic amines is 1. The van der Waals surface area contributed by atoms with Gasteiger partial charge in [0.05, 0.1) is 17.4 Å². The zero-order valence-corrected chi connectivity index (χ0v) is 15.6. The van der Waals surface area contributed by atoms with Crippen LogP contribution in [-0.2, 0) is 4.79 Å². The normalized spacial score (nSPS) is 11.6. The van der Waals surface area contributed by atoms with E-state index in [4.69, 9.17) is 16.1 Å². The first-order chi connectivity index (χ1) is 13.6. The summed E-state index contributed by atoms with van der Waals surface area (Å²) < 4.78 is 5.29. The number of aromatic nitrogens is 3. The number of carbonyl (C=O) groups excluding carboxylic acids is 1. The minimum atomic E-state index is -0.339. The molecule has 4 aromatic rings. The van der Waals surface area contributed by atoms with E-state index >= 15 is 0 Å². The van der Waals surface area contributed by atoms with Crippen molar-refractivity contribution in [2.24, 2.45) is 0 Å². The lowest BCUT2D eigenvalue weighted by atomic mass is 10.1. The van der Waals surface area contributed by atoms with Crippen LogP contribution in [0.15, 0.2) is 65.5 Å². The maximum absolute atomic E-state index is 12.8. The Balaban J connectivity index is 1.61. The molecule has 140 valence electrons. The number of halogens is 1. The van der Waals surface area contributed by atoms with Gasteiger partial charge in [-0.05, 0) is 49.4 Å². The van der Waals surface area contributed by atoms with Crippen molar-refractivity contribution >= 4 is 45.4 Å². The average Bonchev–Trinajstić information content (AvgIpc) is 3.32. The van der Waals surface area contributed by atoms with E-state index in [0.29, 0.717) is 27.7 Å². The van der Waals surface area contributed by atoms with Gasteiger partial charge in [-0.2, -0.15) is 5.10 Å². The molecular formula is C20H16ClN5O2. The summed E-state index contributed by atoms with van der Waals surface area (Å²) >= 11 is 5.90. The minimum Gasteiger partial charge on any atom is -0.361 e. The number of anilines is 2. The molecule has 0 saturated carbocycles. The van der Waals surface area contributed by atoms with E-state index in [1.165, 1.54) is 0 Å². The maximum Gasteiger partial charge on any atom is 0.261 e. The SMILES string of the molecule is Cc1cc(C(=CNc2ccc3cn[nH]c3c2)C(=O)Nc2ccc(Cl)cc2)on1. The fourth-order valence-corrected chi connectivity index (χ4v) is 2.78. The highest BCUT2D eigenvalue weighted by molar-refractivity contribution is 6.30. The number of aryl methyl sites for hydroxylation is 1. The van der Waals surface area contributed by atoms with Crippen molar-refractivity contribution in [2.75, 3.05) is 10.6 Å². The number of carbonyl (C=O) groups is 1. The second kappa shape index (κ2) is 7.58. The second-order valence-electron chi connectivity index (χ2n) is 6.17. The van der Waals surface area contributed by atoms with Gasteiger partial charge in [-0.1, -0.05) is 16.8 Å². The van der Waals surface area contributed by atoms with Crippen LogP contribution in [0.1, 0.15) is 11.5 Å². The third-order valence-corrected chi connectivity index (χ3v) is 4.32. The summed E-state index contributed by atoms with van der Waals surface area (Å²) in [5, 5.41) is 18.3. The molecule has 8 heteroatoms. The van der Waals surface area contributed by atoms with Crippen molar-refractivity contribution in [2.45, 2.75) is 6.92 Å². The maximum atomic E-state index is 12.8. The summed E-state index contributed by atoms with van der Waals surface area (Å²) in [7, 11) is 0. The fraction of sp³-hybridized carbons (Fsp3) is 0.0500. The lowest BCUT2D eigenvalue weighted by Gasteiger charge is -2.08. The molecule has 0 atom stereocenters. The molecule has 2 aromatic heterocycles. The summed E-state index contributed by atoms with van der Waals surface area (Å²) in [6, 6.07) is 14.3. The van der Waals surface area contributed by atoms with Crippen molar-refractivity contribution < 1.29 is 9.32 Å². The Morgan fingerprint density at radius 2 is 1.93 bits per heavy atom. The molecule has 1 amide bonds. The lowest BCUT2D eigenvalue weighted by molar-refractivity contribution is -0.111. The minimum absolute atomic E-state index is 0.306. The van der Waals surface area contributed by atoms with Gasteiger partial charge in [0, 0.05) is 34.0 Å². The van der Waals surface area contributed by atoms with Crippen LogP contribution < -0.4 is 10.6 Å². The Bertz CT molecular complexity index is 1160. The standard InChI is InChI=1S/C20H16ClN5O2/c1-12-8-19(28-26-12)17(20(27)24-15-6-3-14(21)4-7-15)11-22-16-5-2-13-10-23-25-18(13)9-16/h2-11,22H,1H3,(H,23,25)(H,24,27). The second-order valence-corrected chi connectivity index (χ2v) is 6.60. The number of nitrogens with one attached hydrogen (secondary N) is 3. The van der Waals surface area contributed by atoms with E-state index in [0.717, 1.165) is 16.6 Å². The summed E-state index contributed by atoms with van der Waals surface area (Å²) in [5.74, 6) is 0.0210. The number of hydrogen-bond acceptors (Lipinski definition) is 5. The Hall–Kier alpha value is -3.58. The van der Waals surface area contributed by atoms with Crippen molar-refractivity contribution in [3.8, 4) is 0 Å². The molecular weight excluding hydrogens is 378 g/mol. The van der Waals surface area contributed by atoms with Gasteiger partial charge < -0.3 is 15.2 Å². The molecule has 0 spiro atoms. The van der Waals surface area contributed by atoms with Crippen LogP contribution >= 0.6 is 11.6 Å². The third-order valence-electron chi connectivity index (χ3n) is 4.07.